The van der Waals surface area contributed by atoms with Crippen molar-refractivity contribution in [1.29, 1.82) is 0 Å². The molecule has 1 aliphatic rings. The summed E-state index contributed by atoms with van der Waals surface area (Å²) < 4.78 is 12.2. The Labute approximate surface area is 177 Å². The Morgan fingerprint density at radius 1 is 0.900 bits per heavy atom. The molecule has 0 bridgehead atoms. The Balaban J connectivity index is 1.49. The summed E-state index contributed by atoms with van der Waals surface area (Å²) >= 11 is 0. The molecule has 1 aliphatic carbocycles. The van der Waals surface area contributed by atoms with E-state index >= 15 is 0 Å². The molecule has 1 heterocycles. The van der Waals surface area contributed by atoms with Gasteiger partial charge in [-0.25, -0.2) is 14.2 Å². The summed E-state index contributed by atoms with van der Waals surface area (Å²) in [4.78, 5) is 22.9. The van der Waals surface area contributed by atoms with Gasteiger partial charge in [-0.05, 0) is 36.1 Å². The van der Waals surface area contributed by atoms with Crippen molar-refractivity contribution >= 4 is 24.1 Å². The summed E-state index contributed by atoms with van der Waals surface area (Å²) in [6.07, 6.45) is 16.0. The molecule has 0 aliphatic heterocycles. The SMILES string of the molecule is C=CC(=O)OCCOC(=O)c1ccc(C=Cc2cc[n+](C3CCCCC3)cc2)cc1. The minimum atomic E-state index is -0.538. The molecule has 3 rings (SSSR count). The number of pyridine rings is 1. The van der Waals surface area contributed by atoms with Crippen LogP contribution in [0.4, 0.5) is 0 Å². The van der Waals surface area contributed by atoms with Gasteiger partial charge in [-0.2, -0.15) is 0 Å². The number of rotatable bonds is 8. The molecule has 0 radical (unpaired) electrons. The average molecular weight is 407 g/mol. The lowest BCUT2D eigenvalue weighted by atomic mass is 9.95. The molecule has 1 aromatic heterocycles. The molecule has 0 N–H and O–H groups in total. The molecular weight excluding hydrogens is 378 g/mol. The predicted molar refractivity (Wildman–Crippen MR) is 116 cm³/mol. The second-order valence-corrected chi connectivity index (χ2v) is 7.33. The molecule has 30 heavy (non-hydrogen) atoms. The van der Waals surface area contributed by atoms with E-state index in [0.717, 1.165) is 17.2 Å². The van der Waals surface area contributed by atoms with Crippen LogP contribution in [0.3, 0.4) is 0 Å². The maximum atomic E-state index is 12.0. The van der Waals surface area contributed by atoms with E-state index in [1.165, 1.54) is 32.1 Å². The number of ether oxygens (including phenoxy) is 2. The van der Waals surface area contributed by atoms with Crippen LogP contribution in [0.15, 0.2) is 61.4 Å². The van der Waals surface area contributed by atoms with Gasteiger partial charge in [-0.15, -0.1) is 0 Å². The van der Waals surface area contributed by atoms with Gasteiger partial charge < -0.3 is 9.47 Å². The Morgan fingerprint density at radius 2 is 1.50 bits per heavy atom. The highest BCUT2D eigenvalue weighted by atomic mass is 16.6. The van der Waals surface area contributed by atoms with Gasteiger partial charge in [-0.3, -0.25) is 0 Å². The zero-order valence-electron chi connectivity index (χ0n) is 17.2. The number of carbonyl (C=O) groups is 2. The standard InChI is InChI=1S/C25H28NO4/c1-2-24(27)29-18-19-30-25(28)22-12-10-20(11-13-22)8-9-21-14-16-26(17-15-21)23-6-4-3-5-7-23/h2,8-17,23H,1,3-7,18-19H2/q+1. The number of aromatic nitrogens is 1. The number of carbonyl (C=O) groups excluding carboxylic acids is 2. The van der Waals surface area contributed by atoms with Crippen molar-refractivity contribution in [1.82, 2.24) is 0 Å². The third kappa shape index (κ3) is 6.41. The molecule has 5 heteroatoms. The van der Waals surface area contributed by atoms with Crippen LogP contribution in [0.1, 0.15) is 59.6 Å². The highest BCUT2D eigenvalue weighted by Crippen LogP contribution is 2.23. The Kier molecular flexibility index (Phi) is 7.95. The van der Waals surface area contributed by atoms with Crippen molar-refractivity contribution in [2.75, 3.05) is 13.2 Å². The lowest BCUT2D eigenvalue weighted by molar-refractivity contribution is -0.725. The molecule has 156 valence electrons. The molecule has 2 aromatic rings. The summed E-state index contributed by atoms with van der Waals surface area (Å²) in [7, 11) is 0. The number of hydrogen-bond acceptors (Lipinski definition) is 4. The summed E-state index contributed by atoms with van der Waals surface area (Å²) in [6, 6.07) is 12.1. The van der Waals surface area contributed by atoms with Crippen molar-refractivity contribution in [3.05, 3.63) is 78.1 Å². The smallest absolute Gasteiger partial charge is 0.338 e. The highest BCUT2D eigenvalue weighted by molar-refractivity contribution is 5.89. The predicted octanol–water partition coefficient (Wildman–Crippen LogP) is 4.54. The van der Waals surface area contributed by atoms with E-state index in [-0.39, 0.29) is 13.2 Å². The normalized spacial score (nSPS) is 14.4. The first-order chi connectivity index (χ1) is 14.7. The zero-order chi connectivity index (χ0) is 21.2. The molecule has 0 atom stereocenters. The van der Waals surface area contributed by atoms with Crippen molar-refractivity contribution in [3.63, 3.8) is 0 Å². The van der Waals surface area contributed by atoms with Crippen molar-refractivity contribution in [2.45, 2.75) is 38.1 Å². The van der Waals surface area contributed by atoms with E-state index in [1.807, 2.05) is 18.2 Å². The van der Waals surface area contributed by atoms with Gasteiger partial charge in [0.05, 0.1) is 5.56 Å². The number of esters is 2. The molecule has 0 spiro atoms. The first-order valence-corrected chi connectivity index (χ1v) is 10.4. The van der Waals surface area contributed by atoms with Crippen molar-refractivity contribution < 1.29 is 23.6 Å². The minimum Gasteiger partial charge on any atom is -0.459 e. The third-order valence-electron chi connectivity index (χ3n) is 5.22. The van der Waals surface area contributed by atoms with Crippen molar-refractivity contribution in [2.24, 2.45) is 0 Å². The van der Waals surface area contributed by atoms with Crippen LogP contribution < -0.4 is 4.57 Å². The van der Waals surface area contributed by atoms with E-state index in [0.29, 0.717) is 11.6 Å². The van der Waals surface area contributed by atoms with Gasteiger partial charge in [0.2, 0.25) is 0 Å². The summed E-state index contributed by atoms with van der Waals surface area (Å²) in [5, 5.41) is 0. The summed E-state index contributed by atoms with van der Waals surface area (Å²) in [5.41, 5.74) is 2.59. The maximum Gasteiger partial charge on any atom is 0.338 e. The van der Waals surface area contributed by atoms with Crippen LogP contribution in [-0.4, -0.2) is 25.2 Å². The molecule has 0 saturated heterocycles. The second-order valence-electron chi connectivity index (χ2n) is 7.33. The van der Waals surface area contributed by atoms with Crippen LogP contribution >= 0.6 is 0 Å². The minimum absolute atomic E-state index is 0.00886. The lowest BCUT2D eigenvalue weighted by Crippen LogP contribution is -2.39. The number of hydrogen-bond donors (Lipinski definition) is 0. The van der Waals surface area contributed by atoms with E-state index < -0.39 is 11.9 Å². The largest absolute Gasteiger partial charge is 0.459 e. The lowest BCUT2D eigenvalue weighted by Gasteiger charge is -2.16. The molecule has 1 aromatic carbocycles. The summed E-state index contributed by atoms with van der Waals surface area (Å²) in [5.74, 6) is -0.986. The van der Waals surface area contributed by atoms with Gasteiger partial charge in [0, 0.05) is 31.1 Å². The maximum absolute atomic E-state index is 12.0. The highest BCUT2D eigenvalue weighted by Gasteiger charge is 2.20. The van der Waals surface area contributed by atoms with Crippen molar-refractivity contribution in [3.8, 4) is 0 Å². The van der Waals surface area contributed by atoms with E-state index in [1.54, 1.807) is 12.1 Å². The van der Waals surface area contributed by atoms with Crippen LogP contribution in [0.25, 0.3) is 12.2 Å². The second kappa shape index (κ2) is 11.1. The molecule has 1 saturated carbocycles. The molecule has 5 nitrogen and oxygen atoms in total. The zero-order valence-corrected chi connectivity index (χ0v) is 17.2. The first kappa shape index (κ1) is 21.5. The summed E-state index contributed by atoms with van der Waals surface area (Å²) in [6.45, 7) is 3.32. The molecule has 0 unspecified atom stereocenters. The van der Waals surface area contributed by atoms with Gasteiger partial charge >= 0.3 is 11.9 Å². The fraction of sp³-hybridized carbons (Fsp3) is 0.320. The first-order valence-electron chi connectivity index (χ1n) is 10.4. The van der Waals surface area contributed by atoms with Crippen LogP contribution in [0, 0.1) is 0 Å². The van der Waals surface area contributed by atoms with Gasteiger partial charge in [0.25, 0.3) is 0 Å². The Morgan fingerprint density at radius 3 is 2.13 bits per heavy atom. The number of nitrogens with zero attached hydrogens (tertiary/aromatic N) is 1. The van der Waals surface area contributed by atoms with Gasteiger partial charge in [-0.1, -0.05) is 37.3 Å². The Bertz CT molecular complexity index is 878. The third-order valence-corrected chi connectivity index (χ3v) is 5.22. The van der Waals surface area contributed by atoms with Crippen LogP contribution in [-0.2, 0) is 14.3 Å². The van der Waals surface area contributed by atoms with Gasteiger partial charge in [0.1, 0.15) is 13.2 Å². The number of benzene rings is 1. The van der Waals surface area contributed by atoms with E-state index in [2.05, 4.69) is 41.7 Å². The molecule has 0 amide bonds. The van der Waals surface area contributed by atoms with Crippen LogP contribution in [0.5, 0.6) is 0 Å². The Hall–Kier alpha value is -3.21. The topological polar surface area (TPSA) is 56.5 Å². The fourth-order valence-corrected chi connectivity index (χ4v) is 3.52. The van der Waals surface area contributed by atoms with E-state index in [4.69, 9.17) is 9.47 Å². The molecular formula is C25H28NO4+. The molecule has 1 fully saturated rings. The average Bonchev–Trinajstić information content (AvgIpc) is 2.81. The van der Waals surface area contributed by atoms with Crippen LogP contribution in [0.2, 0.25) is 0 Å². The monoisotopic (exact) mass is 406 g/mol. The quantitative estimate of drug-likeness (QED) is 0.280. The fourth-order valence-electron chi connectivity index (χ4n) is 3.52. The van der Waals surface area contributed by atoms with E-state index in [9.17, 15) is 9.59 Å². The van der Waals surface area contributed by atoms with Gasteiger partial charge in [0.15, 0.2) is 18.4 Å².